The summed E-state index contributed by atoms with van der Waals surface area (Å²) in [6, 6.07) is 0. The summed E-state index contributed by atoms with van der Waals surface area (Å²) in [4.78, 5) is 24.2. The van der Waals surface area contributed by atoms with Crippen LogP contribution in [0.1, 0.15) is 183 Å². The Morgan fingerprint density at radius 1 is 0.400 bits per heavy atom. The molecular formula is C38H74O7. The molecule has 0 aliphatic heterocycles. The molecule has 0 aromatic heterocycles. The van der Waals surface area contributed by atoms with Crippen LogP contribution in [-0.4, -0.2) is 62.8 Å². The summed E-state index contributed by atoms with van der Waals surface area (Å²) >= 11 is 0. The van der Waals surface area contributed by atoms with Crippen LogP contribution in [-0.2, 0) is 33.3 Å². The molecule has 0 aliphatic carbocycles. The Balaban J connectivity index is 3.69. The molecule has 0 radical (unpaired) electrons. The van der Waals surface area contributed by atoms with Gasteiger partial charge in [0.15, 0.2) is 0 Å². The maximum absolute atomic E-state index is 12.1. The van der Waals surface area contributed by atoms with Gasteiger partial charge in [-0.1, -0.05) is 129 Å². The van der Waals surface area contributed by atoms with Crippen LogP contribution >= 0.6 is 0 Å². The van der Waals surface area contributed by atoms with Crippen LogP contribution in [0.2, 0.25) is 0 Å². The first-order chi connectivity index (χ1) is 21.8. The van der Waals surface area contributed by atoms with Crippen LogP contribution in [0.4, 0.5) is 0 Å². The minimum absolute atomic E-state index is 0.114. The van der Waals surface area contributed by atoms with Crippen LogP contribution < -0.4 is 0 Å². The topological polar surface area (TPSA) is 80.3 Å². The molecule has 4 unspecified atom stereocenters. The fraction of sp³-hybridized carbons (Fsp3) is 0.947. The standard InChI is InChI=1S/C38H74O7/c1-7-9-11-13-15-17-19-21-23-25-27-37(39)44-31-35(5)42-29-33(3)41-30-34(4)43-32-36(6)45-38(40)28-26-24-22-20-18-16-14-12-10-8-2/h33-36H,7-32H2,1-6H3. The van der Waals surface area contributed by atoms with Crippen molar-refractivity contribution in [1.29, 1.82) is 0 Å². The number of hydrogen-bond donors (Lipinski definition) is 0. The zero-order valence-electron chi connectivity index (χ0n) is 30.6. The third kappa shape index (κ3) is 32.5. The maximum atomic E-state index is 12.1. The molecule has 0 rings (SSSR count). The zero-order valence-corrected chi connectivity index (χ0v) is 30.6. The highest BCUT2D eigenvalue weighted by atomic mass is 16.6. The lowest BCUT2D eigenvalue weighted by atomic mass is 10.1. The second kappa shape index (κ2) is 32.7. The van der Waals surface area contributed by atoms with Crippen LogP contribution in [0, 0.1) is 0 Å². The van der Waals surface area contributed by atoms with Gasteiger partial charge >= 0.3 is 11.9 Å². The predicted octanol–water partition coefficient (Wildman–Crippen LogP) is 10.3. The summed E-state index contributed by atoms with van der Waals surface area (Å²) in [5.41, 5.74) is 0. The van der Waals surface area contributed by atoms with Gasteiger partial charge in [0, 0.05) is 12.8 Å². The Hall–Kier alpha value is -1.18. The van der Waals surface area contributed by atoms with Crippen LogP contribution in [0.5, 0.6) is 0 Å². The quantitative estimate of drug-likeness (QED) is 0.0510. The summed E-state index contributed by atoms with van der Waals surface area (Å²) < 4.78 is 28.4. The summed E-state index contributed by atoms with van der Waals surface area (Å²) in [6.45, 7) is 13.6. The molecular weight excluding hydrogens is 568 g/mol. The molecule has 0 aliphatic rings. The average molecular weight is 643 g/mol. The molecule has 0 saturated heterocycles. The van der Waals surface area contributed by atoms with E-state index < -0.39 is 0 Å². The summed E-state index contributed by atoms with van der Waals surface area (Å²) in [6.07, 6.45) is 25.2. The number of ether oxygens (including phenoxy) is 5. The lowest BCUT2D eigenvalue weighted by Gasteiger charge is -2.21. The SMILES string of the molecule is CCCCCCCCCCCCC(=O)OCC(C)OCC(C)OCC(C)OCC(C)OC(=O)CCCCCCCCCCCC. The van der Waals surface area contributed by atoms with Gasteiger partial charge in [0.2, 0.25) is 0 Å². The third-order valence-electron chi connectivity index (χ3n) is 8.13. The van der Waals surface area contributed by atoms with Gasteiger partial charge in [-0.05, 0) is 40.5 Å². The Labute approximate surface area is 278 Å². The smallest absolute Gasteiger partial charge is 0.306 e. The molecule has 0 spiro atoms. The van der Waals surface area contributed by atoms with Gasteiger partial charge in [-0.2, -0.15) is 0 Å². The lowest BCUT2D eigenvalue weighted by Crippen LogP contribution is -2.29. The molecule has 7 heteroatoms. The maximum Gasteiger partial charge on any atom is 0.306 e. The van der Waals surface area contributed by atoms with E-state index in [1.165, 1.54) is 103 Å². The van der Waals surface area contributed by atoms with Crippen molar-refractivity contribution < 1.29 is 33.3 Å². The predicted molar refractivity (Wildman–Crippen MR) is 186 cm³/mol. The van der Waals surface area contributed by atoms with E-state index in [9.17, 15) is 9.59 Å². The summed E-state index contributed by atoms with van der Waals surface area (Å²) in [5, 5.41) is 0. The van der Waals surface area contributed by atoms with Gasteiger partial charge in [-0.25, -0.2) is 0 Å². The summed E-state index contributed by atoms with van der Waals surface area (Å²) in [7, 11) is 0. The third-order valence-corrected chi connectivity index (χ3v) is 8.13. The Bertz CT molecular complexity index is 656. The minimum atomic E-state index is -0.280. The number of esters is 2. The van der Waals surface area contributed by atoms with Crippen molar-refractivity contribution in [3.63, 3.8) is 0 Å². The molecule has 0 heterocycles. The highest BCUT2D eigenvalue weighted by molar-refractivity contribution is 5.69. The molecule has 0 bridgehead atoms. The molecule has 0 fully saturated rings. The van der Waals surface area contributed by atoms with Gasteiger partial charge in [0.05, 0.1) is 38.1 Å². The highest BCUT2D eigenvalue weighted by Gasteiger charge is 2.14. The van der Waals surface area contributed by atoms with E-state index in [1.54, 1.807) is 0 Å². The monoisotopic (exact) mass is 643 g/mol. The Morgan fingerprint density at radius 2 is 0.711 bits per heavy atom. The van der Waals surface area contributed by atoms with E-state index in [0.717, 1.165) is 25.7 Å². The Kier molecular flexibility index (Phi) is 31.9. The second-order valence-electron chi connectivity index (χ2n) is 13.3. The minimum Gasteiger partial charge on any atom is -0.463 e. The fourth-order valence-corrected chi connectivity index (χ4v) is 5.16. The first-order valence-corrected chi connectivity index (χ1v) is 19.0. The molecule has 0 saturated carbocycles. The zero-order chi connectivity index (χ0) is 33.4. The molecule has 0 aromatic carbocycles. The molecule has 0 N–H and O–H groups in total. The van der Waals surface area contributed by atoms with E-state index in [4.69, 9.17) is 23.7 Å². The van der Waals surface area contributed by atoms with Gasteiger partial charge in [0.25, 0.3) is 0 Å². The molecule has 45 heavy (non-hydrogen) atoms. The number of rotatable bonds is 34. The molecule has 4 atom stereocenters. The number of carbonyl (C=O) groups is 2. The number of carbonyl (C=O) groups excluding carboxylic acids is 2. The molecule has 0 amide bonds. The van der Waals surface area contributed by atoms with Crippen molar-refractivity contribution in [3.8, 4) is 0 Å². The number of unbranched alkanes of at least 4 members (excludes halogenated alkanes) is 18. The second-order valence-corrected chi connectivity index (χ2v) is 13.3. The average Bonchev–Trinajstić information content (AvgIpc) is 3.02. The van der Waals surface area contributed by atoms with Crippen molar-refractivity contribution >= 4 is 11.9 Å². The normalized spacial score (nSPS) is 14.2. The van der Waals surface area contributed by atoms with Crippen LogP contribution in [0.15, 0.2) is 0 Å². The van der Waals surface area contributed by atoms with Crippen molar-refractivity contribution in [2.75, 3.05) is 26.4 Å². The Morgan fingerprint density at radius 3 is 1.11 bits per heavy atom. The highest BCUT2D eigenvalue weighted by Crippen LogP contribution is 2.13. The fourth-order valence-electron chi connectivity index (χ4n) is 5.16. The van der Waals surface area contributed by atoms with Crippen molar-refractivity contribution in [2.45, 2.75) is 207 Å². The van der Waals surface area contributed by atoms with E-state index in [1.807, 2.05) is 27.7 Å². The largest absolute Gasteiger partial charge is 0.463 e. The van der Waals surface area contributed by atoms with E-state index in [-0.39, 0.29) is 43.0 Å². The first-order valence-electron chi connectivity index (χ1n) is 19.0. The first kappa shape index (κ1) is 43.8. The van der Waals surface area contributed by atoms with Crippen LogP contribution in [0.3, 0.4) is 0 Å². The summed E-state index contributed by atoms with van der Waals surface area (Å²) in [5.74, 6) is -0.280. The van der Waals surface area contributed by atoms with Gasteiger partial charge in [0.1, 0.15) is 12.7 Å². The van der Waals surface area contributed by atoms with Crippen molar-refractivity contribution in [2.24, 2.45) is 0 Å². The lowest BCUT2D eigenvalue weighted by molar-refractivity contribution is -0.153. The molecule has 7 nitrogen and oxygen atoms in total. The van der Waals surface area contributed by atoms with Crippen LogP contribution in [0.25, 0.3) is 0 Å². The molecule has 268 valence electrons. The van der Waals surface area contributed by atoms with Gasteiger partial charge in [-0.15, -0.1) is 0 Å². The van der Waals surface area contributed by atoms with E-state index in [2.05, 4.69) is 13.8 Å². The van der Waals surface area contributed by atoms with Crippen molar-refractivity contribution in [3.05, 3.63) is 0 Å². The van der Waals surface area contributed by atoms with Crippen molar-refractivity contribution in [1.82, 2.24) is 0 Å². The van der Waals surface area contributed by atoms with Gasteiger partial charge < -0.3 is 23.7 Å². The van der Waals surface area contributed by atoms with E-state index in [0.29, 0.717) is 32.7 Å². The van der Waals surface area contributed by atoms with E-state index >= 15 is 0 Å². The van der Waals surface area contributed by atoms with Gasteiger partial charge in [-0.3, -0.25) is 9.59 Å². The molecule has 0 aromatic rings. The number of hydrogen-bond acceptors (Lipinski definition) is 7.